The number of fused-ring (bicyclic) bond motifs is 1. The van der Waals surface area contributed by atoms with Crippen molar-refractivity contribution >= 4 is 26.9 Å². The lowest BCUT2D eigenvalue weighted by Crippen LogP contribution is -2.48. The Balaban J connectivity index is 2.40. The van der Waals surface area contributed by atoms with Crippen LogP contribution < -0.4 is 16.1 Å². The highest BCUT2D eigenvalue weighted by Gasteiger charge is 2.28. The predicted molar refractivity (Wildman–Crippen MR) is 85.2 cm³/mol. The monoisotopic (exact) mass is 338 g/mol. The molecule has 0 aliphatic rings. The summed E-state index contributed by atoms with van der Waals surface area (Å²) in [5.74, 6) is -0.963. The van der Waals surface area contributed by atoms with E-state index >= 15 is 0 Å². The van der Waals surface area contributed by atoms with Crippen LogP contribution in [0.3, 0.4) is 0 Å². The molecule has 0 bridgehead atoms. The van der Waals surface area contributed by atoms with Gasteiger partial charge in [-0.1, -0.05) is 20.3 Å². The zero-order valence-electron chi connectivity index (χ0n) is 12.8. The van der Waals surface area contributed by atoms with E-state index in [1.54, 1.807) is 6.92 Å². The van der Waals surface area contributed by atoms with Gasteiger partial charge in [-0.3, -0.25) is 4.79 Å². The highest BCUT2D eigenvalue weighted by atomic mass is 32.2. The van der Waals surface area contributed by atoms with Crippen molar-refractivity contribution < 1.29 is 17.6 Å². The van der Waals surface area contributed by atoms with Crippen molar-refractivity contribution in [2.45, 2.75) is 31.2 Å². The minimum atomic E-state index is -3.93. The number of carbonyl (C=O) groups is 1. The highest BCUT2D eigenvalue weighted by molar-refractivity contribution is 7.89. The average Bonchev–Trinajstić information content (AvgIpc) is 2.51. The van der Waals surface area contributed by atoms with Gasteiger partial charge in [-0.2, -0.15) is 4.72 Å². The van der Waals surface area contributed by atoms with Gasteiger partial charge in [0.1, 0.15) is 11.6 Å². The van der Waals surface area contributed by atoms with E-state index in [1.807, 2.05) is 6.92 Å². The molecule has 1 heterocycles. The lowest BCUT2D eigenvalue weighted by Gasteiger charge is -2.21. The first-order valence-electron chi connectivity index (χ1n) is 7.10. The van der Waals surface area contributed by atoms with Gasteiger partial charge in [0.05, 0.1) is 4.90 Å². The van der Waals surface area contributed by atoms with Crippen LogP contribution >= 0.6 is 0 Å². The zero-order chi connectivity index (χ0) is 17.2. The molecule has 1 aromatic carbocycles. The normalized spacial score (nSPS) is 14.5. The maximum Gasteiger partial charge on any atom is 0.336 e. The van der Waals surface area contributed by atoms with Crippen molar-refractivity contribution in [1.82, 2.24) is 4.72 Å². The summed E-state index contributed by atoms with van der Waals surface area (Å²) in [6.07, 6.45) is 0.596. The van der Waals surface area contributed by atoms with Crippen molar-refractivity contribution in [1.29, 1.82) is 0 Å². The number of hydrogen-bond donors (Lipinski definition) is 2. The van der Waals surface area contributed by atoms with Crippen LogP contribution in [-0.4, -0.2) is 20.4 Å². The molecule has 2 aromatic rings. The van der Waals surface area contributed by atoms with Gasteiger partial charge in [0.15, 0.2) is 0 Å². The molecular formula is C15H18N2O5S. The van der Waals surface area contributed by atoms with E-state index in [2.05, 4.69) is 4.72 Å². The van der Waals surface area contributed by atoms with Gasteiger partial charge in [-0.25, -0.2) is 13.2 Å². The number of primary amides is 1. The van der Waals surface area contributed by atoms with Crippen molar-refractivity contribution in [3.63, 3.8) is 0 Å². The first-order chi connectivity index (χ1) is 10.7. The third-order valence-corrected chi connectivity index (χ3v) is 5.14. The van der Waals surface area contributed by atoms with Gasteiger partial charge in [0.2, 0.25) is 15.9 Å². The number of sulfonamides is 1. The topological polar surface area (TPSA) is 119 Å². The van der Waals surface area contributed by atoms with E-state index in [4.69, 9.17) is 10.2 Å². The molecule has 8 heteroatoms. The molecule has 7 nitrogen and oxygen atoms in total. The quantitative estimate of drug-likeness (QED) is 0.761. The molecule has 0 spiro atoms. The minimum Gasteiger partial charge on any atom is -0.423 e. The van der Waals surface area contributed by atoms with E-state index in [-0.39, 0.29) is 16.4 Å². The summed E-state index contributed by atoms with van der Waals surface area (Å²) in [5.41, 5.74) is 5.06. The molecule has 3 N–H and O–H groups in total. The fourth-order valence-corrected chi connectivity index (χ4v) is 3.49. The molecule has 0 aliphatic heterocycles. The molecule has 124 valence electrons. The van der Waals surface area contributed by atoms with E-state index in [1.165, 1.54) is 30.3 Å². The smallest absolute Gasteiger partial charge is 0.336 e. The van der Waals surface area contributed by atoms with E-state index in [0.29, 0.717) is 11.8 Å². The molecule has 2 atom stereocenters. The number of carbonyl (C=O) groups excluding carboxylic acids is 1. The number of hydrogen-bond acceptors (Lipinski definition) is 5. The molecule has 23 heavy (non-hydrogen) atoms. The first-order valence-corrected chi connectivity index (χ1v) is 8.58. The summed E-state index contributed by atoms with van der Waals surface area (Å²) in [4.78, 5) is 22.6. The summed E-state index contributed by atoms with van der Waals surface area (Å²) >= 11 is 0. The third kappa shape index (κ3) is 3.77. The molecule has 0 fully saturated rings. The van der Waals surface area contributed by atoms with Gasteiger partial charge >= 0.3 is 5.63 Å². The van der Waals surface area contributed by atoms with Gasteiger partial charge in [0.25, 0.3) is 0 Å². The van der Waals surface area contributed by atoms with Crippen LogP contribution in [0.25, 0.3) is 11.0 Å². The Labute approximate surface area is 133 Å². The molecule has 1 amide bonds. The van der Waals surface area contributed by atoms with Crippen LogP contribution in [0, 0.1) is 5.92 Å². The largest absolute Gasteiger partial charge is 0.423 e. The van der Waals surface area contributed by atoms with Crippen LogP contribution in [-0.2, 0) is 14.8 Å². The number of nitrogens with two attached hydrogens (primary N) is 1. The molecule has 2 rings (SSSR count). The SMILES string of the molecule is CCC(C)C(NS(=O)(=O)c1ccc2oc(=O)ccc2c1)C(N)=O. The van der Waals surface area contributed by atoms with Crippen LogP contribution in [0.5, 0.6) is 0 Å². The van der Waals surface area contributed by atoms with Crippen molar-refractivity contribution in [3.05, 3.63) is 40.8 Å². The van der Waals surface area contributed by atoms with E-state index in [0.717, 1.165) is 0 Å². The minimum absolute atomic E-state index is 0.0339. The Kier molecular flexibility index (Phi) is 4.86. The second kappa shape index (κ2) is 6.51. The summed E-state index contributed by atoms with van der Waals surface area (Å²) < 4.78 is 32.2. The zero-order valence-corrected chi connectivity index (χ0v) is 13.6. The predicted octanol–water partition coefficient (Wildman–Crippen LogP) is 0.971. The van der Waals surface area contributed by atoms with E-state index < -0.39 is 27.6 Å². The van der Waals surface area contributed by atoms with Gasteiger partial charge in [-0.15, -0.1) is 0 Å². The van der Waals surface area contributed by atoms with Crippen molar-refractivity contribution in [3.8, 4) is 0 Å². The highest BCUT2D eigenvalue weighted by Crippen LogP contribution is 2.19. The van der Waals surface area contributed by atoms with Gasteiger partial charge in [0, 0.05) is 11.5 Å². The average molecular weight is 338 g/mol. The Hall–Kier alpha value is -2.19. The van der Waals surface area contributed by atoms with Crippen LogP contribution in [0.2, 0.25) is 0 Å². The van der Waals surface area contributed by atoms with Crippen LogP contribution in [0.1, 0.15) is 20.3 Å². The standard InChI is InChI=1S/C15H18N2O5S/c1-3-9(2)14(15(16)19)17-23(20,21)11-5-6-12-10(8-11)4-7-13(18)22-12/h4-9,14,17H,3H2,1-2H3,(H2,16,19). The second-order valence-corrected chi connectivity index (χ2v) is 7.05. The fraction of sp³-hybridized carbons (Fsp3) is 0.333. The molecule has 0 saturated heterocycles. The Morgan fingerprint density at radius 3 is 2.61 bits per heavy atom. The van der Waals surface area contributed by atoms with Crippen LogP contribution in [0.15, 0.2) is 44.4 Å². The molecular weight excluding hydrogens is 320 g/mol. The summed E-state index contributed by atoms with van der Waals surface area (Å²) in [5, 5.41) is 0.464. The summed E-state index contributed by atoms with van der Waals surface area (Å²) in [7, 11) is -3.93. The Morgan fingerprint density at radius 2 is 2.00 bits per heavy atom. The number of nitrogens with one attached hydrogen (secondary N) is 1. The van der Waals surface area contributed by atoms with E-state index in [9.17, 15) is 18.0 Å². The summed E-state index contributed by atoms with van der Waals surface area (Å²) in [6, 6.07) is 5.76. The maximum atomic E-state index is 12.5. The number of benzene rings is 1. The van der Waals surface area contributed by atoms with Gasteiger partial charge < -0.3 is 10.2 Å². The molecule has 2 unspecified atom stereocenters. The fourth-order valence-electron chi connectivity index (χ4n) is 2.14. The second-order valence-electron chi connectivity index (χ2n) is 5.34. The molecule has 0 saturated carbocycles. The third-order valence-electron chi connectivity index (χ3n) is 3.70. The van der Waals surface area contributed by atoms with Crippen molar-refractivity contribution in [2.24, 2.45) is 11.7 Å². The lowest BCUT2D eigenvalue weighted by molar-refractivity contribution is -0.120. The maximum absolute atomic E-state index is 12.5. The molecule has 0 radical (unpaired) electrons. The van der Waals surface area contributed by atoms with Crippen LogP contribution in [0.4, 0.5) is 0 Å². The molecule has 0 aliphatic carbocycles. The Morgan fingerprint density at radius 1 is 1.30 bits per heavy atom. The number of rotatable bonds is 6. The Bertz CT molecular complexity index is 888. The molecule has 1 aromatic heterocycles. The lowest BCUT2D eigenvalue weighted by atomic mass is 10.00. The first kappa shape index (κ1) is 17.2. The van der Waals surface area contributed by atoms with Gasteiger partial charge in [-0.05, 0) is 30.2 Å². The summed E-state index contributed by atoms with van der Waals surface area (Å²) in [6.45, 7) is 3.58. The van der Waals surface area contributed by atoms with Crippen molar-refractivity contribution in [2.75, 3.05) is 0 Å². The number of amides is 1.